The van der Waals surface area contributed by atoms with Gasteiger partial charge in [0.2, 0.25) is 12.7 Å². The predicted molar refractivity (Wildman–Crippen MR) is 120 cm³/mol. The van der Waals surface area contributed by atoms with Gasteiger partial charge in [-0.2, -0.15) is 0 Å². The minimum atomic E-state index is -0.406. The van der Waals surface area contributed by atoms with Crippen LogP contribution in [0.3, 0.4) is 0 Å². The smallest absolute Gasteiger partial charge is 0.263 e. The number of carbonyl (C=O) groups is 1. The number of nitrogens with one attached hydrogen (secondary N) is 1. The molecular weight excluding hydrogens is 438 g/mol. The van der Waals surface area contributed by atoms with Crippen molar-refractivity contribution in [2.45, 2.75) is 13.5 Å². The molecule has 5 rings (SSSR count). The van der Waals surface area contributed by atoms with Gasteiger partial charge in [-0.1, -0.05) is 41.4 Å². The summed E-state index contributed by atoms with van der Waals surface area (Å²) >= 11 is 7.62. The van der Waals surface area contributed by atoms with Crippen molar-refractivity contribution in [3.63, 3.8) is 0 Å². The first-order valence-corrected chi connectivity index (χ1v) is 10.7. The molecule has 2 aromatic heterocycles. The number of benzene rings is 2. The molecule has 0 radical (unpaired) electrons. The third-order valence-electron chi connectivity index (χ3n) is 4.97. The van der Waals surface area contributed by atoms with Crippen LogP contribution in [0.4, 0.5) is 5.69 Å². The van der Waals surface area contributed by atoms with Gasteiger partial charge in [-0.25, -0.2) is 4.98 Å². The molecule has 0 unspecified atom stereocenters. The van der Waals surface area contributed by atoms with Crippen molar-refractivity contribution in [3.05, 3.63) is 69.0 Å². The first-order chi connectivity index (χ1) is 15.0. The normalized spacial score (nSPS) is 12.3. The number of amides is 1. The van der Waals surface area contributed by atoms with Crippen LogP contribution in [0.25, 0.3) is 21.3 Å². The van der Waals surface area contributed by atoms with Crippen molar-refractivity contribution < 1.29 is 14.3 Å². The van der Waals surface area contributed by atoms with E-state index in [4.69, 9.17) is 21.1 Å². The molecule has 0 bridgehead atoms. The Labute approximate surface area is 185 Å². The molecule has 0 atom stereocenters. The van der Waals surface area contributed by atoms with Crippen LogP contribution in [0.5, 0.6) is 11.5 Å². The van der Waals surface area contributed by atoms with Crippen LogP contribution in [-0.2, 0) is 11.3 Å². The fourth-order valence-electron chi connectivity index (χ4n) is 3.38. The Kier molecular flexibility index (Phi) is 4.88. The molecule has 1 aliphatic rings. The van der Waals surface area contributed by atoms with Gasteiger partial charge >= 0.3 is 0 Å². The predicted octanol–water partition coefficient (Wildman–Crippen LogP) is 4.45. The summed E-state index contributed by atoms with van der Waals surface area (Å²) in [5.74, 6) is 0.618. The maximum atomic E-state index is 13.1. The number of halogens is 1. The SMILES string of the molecule is Cc1ccc(-c2csc3ncn(CC(=O)Nc4cc5c(cc4Cl)OCO5)c(=O)c23)cc1. The van der Waals surface area contributed by atoms with Crippen LogP contribution in [0.1, 0.15) is 5.56 Å². The van der Waals surface area contributed by atoms with Gasteiger partial charge in [0, 0.05) is 23.1 Å². The second-order valence-corrected chi connectivity index (χ2v) is 8.37. The largest absolute Gasteiger partial charge is 0.454 e. The van der Waals surface area contributed by atoms with E-state index in [1.54, 1.807) is 12.1 Å². The molecule has 0 aliphatic carbocycles. The molecule has 1 N–H and O–H groups in total. The van der Waals surface area contributed by atoms with Gasteiger partial charge in [0.1, 0.15) is 11.4 Å². The molecule has 0 fully saturated rings. The van der Waals surface area contributed by atoms with Crippen molar-refractivity contribution in [2.75, 3.05) is 12.1 Å². The zero-order valence-corrected chi connectivity index (χ0v) is 17.9. The standard InChI is InChI=1S/C22H16ClN3O4S/c1-12-2-4-13(5-3-12)14-9-31-21-20(14)22(28)26(10-24-21)8-19(27)25-16-7-18-17(6-15(16)23)29-11-30-18/h2-7,9-10H,8,11H2,1H3,(H,25,27). The Balaban J connectivity index is 1.44. The summed E-state index contributed by atoms with van der Waals surface area (Å²) in [5, 5.41) is 5.46. The van der Waals surface area contributed by atoms with E-state index in [-0.39, 0.29) is 18.9 Å². The molecule has 0 saturated heterocycles. The lowest BCUT2D eigenvalue weighted by atomic mass is 10.1. The van der Waals surface area contributed by atoms with Crippen molar-refractivity contribution in [3.8, 4) is 22.6 Å². The van der Waals surface area contributed by atoms with Crippen LogP contribution >= 0.6 is 22.9 Å². The second-order valence-electron chi connectivity index (χ2n) is 7.11. The van der Waals surface area contributed by atoms with E-state index in [0.717, 1.165) is 16.7 Å². The van der Waals surface area contributed by atoms with Crippen molar-refractivity contribution in [1.82, 2.24) is 9.55 Å². The lowest BCUT2D eigenvalue weighted by Crippen LogP contribution is -2.27. The highest BCUT2D eigenvalue weighted by Gasteiger charge is 2.19. The lowest BCUT2D eigenvalue weighted by molar-refractivity contribution is -0.116. The number of ether oxygens (including phenoxy) is 2. The quantitative estimate of drug-likeness (QED) is 0.493. The molecule has 3 heterocycles. The summed E-state index contributed by atoms with van der Waals surface area (Å²) < 4.78 is 11.9. The third kappa shape index (κ3) is 3.64. The average Bonchev–Trinajstić information content (AvgIpc) is 3.38. The fourth-order valence-corrected chi connectivity index (χ4v) is 4.49. The van der Waals surface area contributed by atoms with Crippen molar-refractivity contribution in [1.29, 1.82) is 0 Å². The first kappa shape index (κ1) is 19.6. The maximum Gasteiger partial charge on any atom is 0.263 e. The molecule has 0 spiro atoms. The van der Waals surface area contributed by atoms with E-state index in [9.17, 15) is 9.59 Å². The monoisotopic (exact) mass is 453 g/mol. The van der Waals surface area contributed by atoms with E-state index in [1.807, 2.05) is 36.6 Å². The molecule has 9 heteroatoms. The molecular formula is C22H16ClN3O4S. The fraction of sp³-hybridized carbons (Fsp3) is 0.136. The van der Waals surface area contributed by atoms with E-state index in [2.05, 4.69) is 10.3 Å². The summed E-state index contributed by atoms with van der Waals surface area (Å²) in [4.78, 5) is 30.8. The molecule has 2 aromatic carbocycles. The van der Waals surface area contributed by atoms with Gasteiger partial charge in [-0.05, 0) is 12.5 Å². The topological polar surface area (TPSA) is 82.5 Å². The number of aryl methyl sites for hydroxylation is 1. The van der Waals surface area contributed by atoms with Crippen LogP contribution in [0.15, 0.2) is 52.9 Å². The Morgan fingerprint density at radius 2 is 1.97 bits per heavy atom. The maximum absolute atomic E-state index is 13.1. The zero-order chi connectivity index (χ0) is 21.5. The Hall–Kier alpha value is -3.36. The van der Waals surface area contributed by atoms with Crippen LogP contribution in [-0.4, -0.2) is 22.3 Å². The van der Waals surface area contributed by atoms with Crippen LogP contribution < -0.4 is 20.3 Å². The highest BCUT2D eigenvalue weighted by Crippen LogP contribution is 2.39. The summed E-state index contributed by atoms with van der Waals surface area (Å²) in [6, 6.07) is 11.1. The number of hydrogen-bond donors (Lipinski definition) is 1. The number of rotatable bonds is 4. The second kappa shape index (κ2) is 7.72. The van der Waals surface area contributed by atoms with Gasteiger partial charge < -0.3 is 14.8 Å². The van der Waals surface area contributed by atoms with Gasteiger partial charge in [0.15, 0.2) is 11.5 Å². The average molecular weight is 454 g/mol. The number of aromatic nitrogens is 2. The highest BCUT2D eigenvalue weighted by atomic mass is 35.5. The van der Waals surface area contributed by atoms with Crippen molar-refractivity contribution >= 4 is 44.7 Å². The first-order valence-electron chi connectivity index (χ1n) is 9.42. The molecule has 156 valence electrons. The Morgan fingerprint density at radius 1 is 1.23 bits per heavy atom. The number of nitrogens with zero attached hydrogens (tertiary/aromatic N) is 2. The summed E-state index contributed by atoms with van der Waals surface area (Å²) in [5.41, 5.74) is 3.00. The van der Waals surface area contributed by atoms with Gasteiger partial charge in [-0.3, -0.25) is 14.2 Å². The number of carbonyl (C=O) groups excluding carboxylic acids is 1. The Morgan fingerprint density at radius 3 is 2.74 bits per heavy atom. The number of hydrogen-bond acceptors (Lipinski definition) is 6. The van der Waals surface area contributed by atoms with Crippen molar-refractivity contribution in [2.24, 2.45) is 0 Å². The summed E-state index contributed by atoms with van der Waals surface area (Å²) in [6.45, 7) is 1.92. The highest BCUT2D eigenvalue weighted by molar-refractivity contribution is 7.17. The van der Waals surface area contributed by atoms with Crippen LogP contribution in [0, 0.1) is 6.92 Å². The molecule has 0 saturated carbocycles. The lowest BCUT2D eigenvalue weighted by Gasteiger charge is -2.10. The van der Waals surface area contributed by atoms with Crippen LogP contribution in [0.2, 0.25) is 5.02 Å². The van der Waals surface area contributed by atoms with E-state index >= 15 is 0 Å². The molecule has 1 amide bonds. The number of thiophene rings is 1. The Bertz CT molecular complexity index is 1380. The summed E-state index contributed by atoms with van der Waals surface area (Å²) in [6.07, 6.45) is 1.39. The van der Waals surface area contributed by atoms with E-state index in [0.29, 0.717) is 32.4 Å². The number of anilines is 1. The van der Waals surface area contributed by atoms with Gasteiger partial charge in [0.25, 0.3) is 5.56 Å². The molecule has 1 aliphatic heterocycles. The zero-order valence-electron chi connectivity index (χ0n) is 16.3. The molecule has 31 heavy (non-hydrogen) atoms. The minimum absolute atomic E-state index is 0.105. The summed E-state index contributed by atoms with van der Waals surface area (Å²) in [7, 11) is 0. The molecule has 7 nitrogen and oxygen atoms in total. The van der Waals surface area contributed by atoms with E-state index < -0.39 is 5.91 Å². The number of fused-ring (bicyclic) bond motifs is 2. The third-order valence-corrected chi connectivity index (χ3v) is 6.17. The van der Waals surface area contributed by atoms with Gasteiger partial charge in [-0.15, -0.1) is 11.3 Å². The van der Waals surface area contributed by atoms with E-state index in [1.165, 1.54) is 22.2 Å². The molecule has 4 aromatic rings. The van der Waals surface area contributed by atoms with Gasteiger partial charge in [0.05, 0.1) is 22.4 Å². The minimum Gasteiger partial charge on any atom is -0.454 e.